The predicted octanol–water partition coefficient (Wildman–Crippen LogP) is 3.70. The number of anilines is 2. The van der Waals surface area contributed by atoms with Crippen LogP contribution < -0.4 is 21.1 Å². The number of nitrogens with zero attached hydrogens (tertiary/aromatic N) is 2. The molecule has 3 rings (SSSR count). The van der Waals surface area contributed by atoms with Gasteiger partial charge in [0.05, 0.1) is 12.4 Å². The van der Waals surface area contributed by atoms with Gasteiger partial charge in [0.2, 0.25) is 5.91 Å². The Kier molecular flexibility index (Phi) is 7.34. The summed E-state index contributed by atoms with van der Waals surface area (Å²) in [7, 11) is 1.87. The van der Waals surface area contributed by atoms with E-state index in [9.17, 15) is 4.79 Å². The molecule has 1 aromatic carbocycles. The van der Waals surface area contributed by atoms with Crippen LogP contribution in [0.5, 0.6) is 0 Å². The molecule has 0 atom stereocenters. The highest BCUT2D eigenvalue weighted by Crippen LogP contribution is 2.35. The van der Waals surface area contributed by atoms with Crippen LogP contribution in [0.25, 0.3) is 0 Å². The summed E-state index contributed by atoms with van der Waals surface area (Å²) in [5.74, 6) is 0.197. The normalized spacial score (nSPS) is 19.2. The van der Waals surface area contributed by atoms with E-state index in [4.69, 9.17) is 0 Å². The lowest BCUT2D eigenvalue weighted by molar-refractivity contribution is -0.131. The van der Waals surface area contributed by atoms with Crippen molar-refractivity contribution < 1.29 is 4.79 Å². The van der Waals surface area contributed by atoms with Gasteiger partial charge >= 0.3 is 0 Å². The first-order chi connectivity index (χ1) is 14.6. The van der Waals surface area contributed by atoms with Crippen LogP contribution in [0.15, 0.2) is 54.8 Å². The number of rotatable bonds is 8. The van der Waals surface area contributed by atoms with Crippen LogP contribution in [0.1, 0.15) is 38.2 Å². The molecular weight excluding hydrogens is 374 g/mol. The quantitative estimate of drug-likeness (QED) is 0.347. The molecule has 1 spiro atoms. The van der Waals surface area contributed by atoms with Gasteiger partial charge in [-0.1, -0.05) is 37.8 Å². The summed E-state index contributed by atoms with van der Waals surface area (Å²) >= 11 is 0. The van der Waals surface area contributed by atoms with Gasteiger partial charge < -0.3 is 15.2 Å². The Bertz CT molecular complexity index is 821. The van der Waals surface area contributed by atoms with Crippen LogP contribution in [0, 0.1) is 6.92 Å². The number of carbonyl (C=O) groups is 1. The molecule has 1 aromatic rings. The molecule has 6 heteroatoms. The number of piperidine rings is 1. The molecule has 0 aliphatic carbocycles. The highest BCUT2D eigenvalue weighted by molar-refractivity contribution is 5.90. The minimum atomic E-state index is -0.458. The number of carbonyl (C=O) groups excluding carboxylic acids is 1. The Hall–Kier alpha value is -2.57. The minimum absolute atomic E-state index is 0.197. The zero-order chi connectivity index (χ0) is 21.6. The van der Waals surface area contributed by atoms with E-state index >= 15 is 0 Å². The number of allylic oxidation sites excluding steroid dienone is 4. The summed E-state index contributed by atoms with van der Waals surface area (Å²) in [6, 6.07) is 6.31. The predicted molar refractivity (Wildman–Crippen MR) is 125 cm³/mol. The fourth-order valence-electron chi connectivity index (χ4n) is 4.40. The number of nitrogens with one attached hydrogen (secondary N) is 3. The SMILES string of the molecule is C=C/C=C(\C/C=C\CC)N1CNC2(CCN(c3cccc(NNC)c3C)CC2)C1=O. The maximum absolute atomic E-state index is 13.4. The van der Waals surface area contributed by atoms with E-state index in [1.54, 1.807) is 6.08 Å². The van der Waals surface area contributed by atoms with Crippen molar-refractivity contribution in [3.8, 4) is 0 Å². The van der Waals surface area contributed by atoms with Gasteiger partial charge in [0.1, 0.15) is 5.54 Å². The summed E-state index contributed by atoms with van der Waals surface area (Å²) in [5, 5.41) is 3.55. The van der Waals surface area contributed by atoms with Crippen molar-refractivity contribution >= 4 is 17.3 Å². The van der Waals surface area contributed by atoms with Crippen LogP contribution in [0.4, 0.5) is 11.4 Å². The lowest BCUT2D eigenvalue weighted by Gasteiger charge is -2.39. The molecule has 0 bridgehead atoms. The van der Waals surface area contributed by atoms with Crippen molar-refractivity contribution in [2.75, 3.05) is 37.1 Å². The average Bonchev–Trinajstić information content (AvgIpc) is 3.06. The molecule has 2 aliphatic rings. The van der Waals surface area contributed by atoms with E-state index in [1.165, 1.54) is 11.3 Å². The van der Waals surface area contributed by atoms with Gasteiger partial charge in [0.15, 0.2) is 0 Å². The van der Waals surface area contributed by atoms with Gasteiger partial charge in [-0.15, -0.1) is 0 Å². The molecule has 30 heavy (non-hydrogen) atoms. The molecule has 0 radical (unpaired) electrons. The van der Waals surface area contributed by atoms with E-state index in [2.05, 4.69) is 71.8 Å². The zero-order valence-electron chi connectivity index (χ0n) is 18.5. The van der Waals surface area contributed by atoms with Crippen molar-refractivity contribution in [2.24, 2.45) is 0 Å². The fourth-order valence-corrected chi connectivity index (χ4v) is 4.40. The van der Waals surface area contributed by atoms with Crippen molar-refractivity contribution in [1.82, 2.24) is 15.6 Å². The fraction of sp³-hybridized carbons (Fsp3) is 0.458. The third kappa shape index (κ3) is 4.45. The van der Waals surface area contributed by atoms with Crippen molar-refractivity contribution in [2.45, 2.75) is 45.1 Å². The average molecular weight is 410 g/mol. The van der Waals surface area contributed by atoms with E-state index in [1.807, 2.05) is 18.0 Å². The van der Waals surface area contributed by atoms with Gasteiger partial charge in [-0.25, -0.2) is 5.43 Å². The molecule has 3 N–H and O–H groups in total. The summed E-state index contributed by atoms with van der Waals surface area (Å²) in [6.45, 7) is 10.4. The second-order valence-electron chi connectivity index (χ2n) is 7.94. The highest BCUT2D eigenvalue weighted by Gasteiger charge is 2.48. The van der Waals surface area contributed by atoms with Gasteiger partial charge in [-0.3, -0.25) is 10.1 Å². The summed E-state index contributed by atoms with van der Waals surface area (Å²) in [6.07, 6.45) is 11.3. The minimum Gasteiger partial charge on any atom is -0.371 e. The lowest BCUT2D eigenvalue weighted by atomic mass is 9.87. The van der Waals surface area contributed by atoms with Crippen LogP contribution in [-0.4, -0.2) is 43.2 Å². The Labute approximate surface area is 180 Å². The monoisotopic (exact) mass is 409 g/mol. The Morgan fingerprint density at radius 1 is 1.30 bits per heavy atom. The van der Waals surface area contributed by atoms with Gasteiger partial charge in [0.25, 0.3) is 0 Å². The first-order valence-corrected chi connectivity index (χ1v) is 10.9. The molecule has 6 nitrogen and oxygen atoms in total. The summed E-state index contributed by atoms with van der Waals surface area (Å²) < 4.78 is 0. The van der Waals surface area contributed by atoms with Gasteiger partial charge in [-0.2, -0.15) is 0 Å². The molecule has 0 saturated carbocycles. The van der Waals surface area contributed by atoms with Gasteiger partial charge in [-0.05, 0) is 50.0 Å². The van der Waals surface area contributed by atoms with Crippen LogP contribution in [0.2, 0.25) is 0 Å². The van der Waals surface area contributed by atoms with Crippen LogP contribution >= 0.6 is 0 Å². The number of hydrazine groups is 1. The zero-order valence-corrected chi connectivity index (χ0v) is 18.5. The van der Waals surface area contributed by atoms with E-state index in [0.29, 0.717) is 6.67 Å². The standard InChI is InChI=1S/C24H35N5O/c1-5-7-8-11-20(10-6-2)29-18-26-24(23(29)30)14-16-28(17-15-24)22-13-9-12-21(19(22)3)27-25-4/h6-10,12-13,25-27H,2,5,11,14-18H2,1,3-4H3/b8-7-,20-10+. The molecule has 2 heterocycles. The summed E-state index contributed by atoms with van der Waals surface area (Å²) in [4.78, 5) is 17.7. The topological polar surface area (TPSA) is 59.6 Å². The molecule has 162 valence electrons. The largest absolute Gasteiger partial charge is 0.371 e. The third-order valence-corrected chi connectivity index (χ3v) is 6.14. The third-order valence-electron chi connectivity index (χ3n) is 6.14. The lowest BCUT2D eigenvalue weighted by Crippen LogP contribution is -2.54. The second kappa shape index (κ2) is 9.96. The van der Waals surface area contributed by atoms with Crippen molar-refractivity contribution in [1.29, 1.82) is 0 Å². The molecule has 2 aliphatic heterocycles. The first kappa shape index (κ1) is 22.1. The van der Waals surface area contributed by atoms with Crippen molar-refractivity contribution in [3.63, 3.8) is 0 Å². The summed E-state index contributed by atoms with van der Waals surface area (Å²) in [5.41, 5.74) is 10.3. The van der Waals surface area contributed by atoms with Crippen LogP contribution in [0.3, 0.4) is 0 Å². The van der Waals surface area contributed by atoms with E-state index in [0.717, 1.165) is 50.2 Å². The Morgan fingerprint density at radius 2 is 2.07 bits per heavy atom. The molecular formula is C24H35N5O. The maximum Gasteiger partial charge on any atom is 0.248 e. The molecule has 0 unspecified atom stereocenters. The molecule has 0 aromatic heterocycles. The number of hydrogen-bond acceptors (Lipinski definition) is 5. The molecule has 2 saturated heterocycles. The number of benzene rings is 1. The van der Waals surface area contributed by atoms with Crippen molar-refractivity contribution in [3.05, 3.63) is 60.3 Å². The smallest absolute Gasteiger partial charge is 0.248 e. The number of amides is 1. The van der Waals surface area contributed by atoms with E-state index < -0.39 is 5.54 Å². The second-order valence-corrected chi connectivity index (χ2v) is 7.94. The first-order valence-electron chi connectivity index (χ1n) is 10.9. The highest BCUT2D eigenvalue weighted by atomic mass is 16.2. The number of hydrogen-bond donors (Lipinski definition) is 3. The molecule has 2 fully saturated rings. The Morgan fingerprint density at radius 3 is 2.73 bits per heavy atom. The molecule has 1 amide bonds. The van der Waals surface area contributed by atoms with Crippen LogP contribution in [-0.2, 0) is 4.79 Å². The van der Waals surface area contributed by atoms with E-state index in [-0.39, 0.29) is 5.91 Å². The van der Waals surface area contributed by atoms with Gasteiger partial charge in [0, 0.05) is 37.9 Å². The Balaban J connectivity index is 1.70. The maximum atomic E-state index is 13.4.